The van der Waals surface area contributed by atoms with Gasteiger partial charge in [-0.15, -0.1) is 0 Å². The summed E-state index contributed by atoms with van der Waals surface area (Å²) in [5.41, 5.74) is -0.0939. The van der Waals surface area contributed by atoms with Crippen molar-refractivity contribution in [2.24, 2.45) is 0 Å². The molecule has 1 aromatic rings. The molecule has 112 valence electrons. The summed E-state index contributed by atoms with van der Waals surface area (Å²) in [7, 11) is 3.56. The smallest absolute Gasteiger partial charge is 0.319 e. The molecule has 2 rings (SSSR count). The Balaban J connectivity index is 1.97. The van der Waals surface area contributed by atoms with Gasteiger partial charge >= 0.3 is 6.03 Å². The minimum atomic E-state index is -0.0939. The lowest BCUT2D eigenvalue weighted by Crippen LogP contribution is -2.43. The van der Waals surface area contributed by atoms with Crippen molar-refractivity contribution in [3.05, 3.63) is 11.7 Å². The molecule has 0 aromatic carbocycles. The third-order valence-electron chi connectivity index (χ3n) is 3.61. The monoisotopic (exact) mass is 280 g/mol. The second-order valence-corrected chi connectivity index (χ2v) is 6.64. The molecule has 0 bridgehead atoms. The van der Waals surface area contributed by atoms with E-state index in [0.29, 0.717) is 5.89 Å². The summed E-state index contributed by atoms with van der Waals surface area (Å²) in [6.07, 6.45) is 1.76. The molecular weight excluding hydrogens is 256 g/mol. The Morgan fingerprint density at radius 3 is 2.35 bits per heavy atom. The molecule has 0 spiro atoms. The van der Waals surface area contributed by atoms with Crippen LogP contribution >= 0.6 is 0 Å². The highest BCUT2D eigenvalue weighted by molar-refractivity contribution is 5.73. The summed E-state index contributed by atoms with van der Waals surface area (Å²) >= 11 is 0. The van der Waals surface area contributed by atoms with Gasteiger partial charge in [-0.2, -0.15) is 4.98 Å². The number of carbonyl (C=O) groups is 1. The highest BCUT2D eigenvalue weighted by Crippen LogP contribution is 2.29. The van der Waals surface area contributed by atoms with Crippen molar-refractivity contribution in [3.8, 4) is 0 Å². The largest absolute Gasteiger partial charge is 0.339 e. The molecular formula is C14H24N4O2. The van der Waals surface area contributed by atoms with E-state index in [1.165, 1.54) is 0 Å². The molecule has 1 fully saturated rings. The number of nitrogens with zero attached hydrogens (tertiary/aromatic N) is 4. The van der Waals surface area contributed by atoms with Gasteiger partial charge in [-0.1, -0.05) is 25.9 Å². The molecule has 6 nitrogen and oxygen atoms in total. The fourth-order valence-electron chi connectivity index (χ4n) is 2.31. The Hall–Kier alpha value is -1.59. The maximum Gasteiger partial charge on any atom is 0.319 e. The number of rotatable bonds is 1. The zero-order chi connectivity index (χ0) is 14.9. The lowest BCUT2D eigenvalue weighted by Gasteiger charge is -2.32. The van der Waals surface area contributed by atoms with Crippen LogP contribution in [0.5, 0.6) is 0 Å². The number of likely N-dealkylation sites (tertiary alicyclic amines) is 1. The Morgan fingerprint density at radius 1 is 1.30 bits per heavy atom. The topological polar surface area (TPSA) is 62.5 Å². The summed E-state index contributed by atoms with van der Waals surface area (Å²) < 4.78 is 5.40. The van der Waals surface area contributed by atoms with E-state index < -0.39 is 0 Å². The van der Waals surface area contributed by atoms with Crippen molar-refractivity contribution in [3.63, 3.8) is 0 Å². The Kier molecular flexibility index (Phi) is 4.01. The van der Waals surface area contributed by atoms with Gasteiger partial charge in [0.2, 0.25) is 5.89 Å². The van der Waals surface area contributed by atoms with Crippen molar-refractivity contribution in [1.29, 1.82) is 0 Å². The molecule has 0 aliphatic carbocycles. The first-order valence-electron chi connectivity index (χ1n) is 7.09. The van der Waals surface area contributed by atoms with Crippen LogP contribution in [0.4, 0.5) is 4.79 Å². The Morgan fingerprint density at radius 2 is 1.90 bits per heavy atom. The van der Waals surface area contributed by atoms with Crippen molar-refractivity contribution in [1.82, 2.24) is 19.9 Å². The van der Waals surface area contributed by atoms with E-state index in [1.54, 1.807) is 19.0 Å². The minimum absolute atomic E-state index is 0.0735. The van der Waals surface area contributed by atoms with Crippen LogP contribution in [0.15, 0.2) is 4.52 Å². The number of hydrogen-bond acceptors (Lipinski definition) is 4. The quantitative estimate of drug-likeness (QED) is 0.791. The molecule has 0 atom stereocenters. The predicted molar refractivity (Wildman–Crippen MR) is 75.6 cm³/mol. The number of hydrogen-bond donors (Lipinski definition) is 0. The molecule has 2 heterocycles. The summed E-state index contributed by atoms with van der Waals surface area (Å²) in [5.74, 6) is 1.73. The Bertz CT molecular complexity index is 468. The van der Waals surface area contributed by atoms with Crippen LogP contribution in [0.1, 0.15) is 51.2 Å². The second kappa shape index (κ2) is 5.42. The van der Waals surface area contributed by atoms with Crippen LogP contribution in [0.25, 0.3) is 0 Å². The van der Waals surface area contributed by atoms with E-state index in [0.717, 1.165) is 31.8 Å². The molecule has 0 N–H and O–H groups in total. The standard InChI is InChI=1S/C14H24N4O2/c1-14(2,3)12-15-11(20-16-12)10-6-8-18(9-7-10)13(19)17(4)5/h10H,6-9H2,1-5H3. The molecule has 1 aromatic heterocycles. The third-order valence-corrected chi connectivity index (χ3v) is 3.61. The van der Waals surface area contributed by atoms with Gasteiger partial charge in [0, 0.05) is 38.5 Å². The summed E-state index contributed by atoms with van der Waals surface area (Å²) in [6.45, 7) is 7.70. The van der Waals surface area contributed by atoms with E-state index in [1.807, 2.05) is 4.90 Å². The van der Waals surface area contributed by atoms with Gasteiger partial charge in [0.05, 0.1) is 0 Å². The minimum Gasteiger partial charge on any atom is -0.339 e. The molecule has 1 aliphatic rings. The van der Waals surface area contributed by atoms with E-state index in [4.69, 9.17) is 4.52 Å². The molecule has 1 saturated heterocycles. The SMILES string of the molecule is CN(C)C(=O)N1CCC(c2nc(C(C)(C)C)no2)CC1. The normalized spacial score (nSPS) is 17.4. The fourth-order valence-corrected chi connectivity index (χ4v) is 2.31. The van der Waals surface area contributed by atoms with E-state index in [-0.39, 0.29) is 17.4 Å². The van der Waals surface area contributed by atoms with Gasteiger partial charge in [0.15, 0.2) is 5.82 Å². The zero-order valence-electron chi connectivity index (χ0n) is 13.0. The predicted octanol–water partition coefficient (Wildman–Crippen LogP) is 2.23. The zero-order valence-corrected chi connectivity index (χ0v) is 13.0. The molecule has 6 heteroatoms. The van der Waals surface area contributed by atoms with Gasteiger partial charge in [0.25, 0.3) is 0 Å². The molecule has 0 radical (unpaired) electrons. The maximum absolute atomic E-state index is 11.9. The number of amides is 2. The Labute approximate surface area is 120 Å². The van der Waals surface area contributed by atoms with Crippen molar-refractivity contribution >= 4 is 6.03 Å². The fraction of sp³-hybridized carbons (Fsp3) is 0.786. The number of piperidine rings is 1. The highest BCUT2D eigenvalue weighted by atomic mass is 16.5. The first-order valence-corrected chi connectivity index (χ1v) is 7.09. The van der Waals surface area contributed by atoms with Crippen LogP contribution in [0.3, 0.4) is 0 Å². The van der Waals surface area contributed by atoms with Crippen LogP contribution in [0.2, 0.25) is 0 Å². The second-order valence-electron chi connectivity index (χ2n) is 6.64. The van der Waals surface area contributed by atoms with Crippen LogP contribution in [-0.2, 0) is 5.41 Å². The number of carbonyl (C=O) groups excluding carboxylic acids is 1. The summed E-state index contributed by atoms with van der Waals surface area (Å²) in [5, 5.41) is 4.07. The lowest BCUT2D eigenvalue weighted by atomic mass is 9.95. The maximum atomic E-state index is 11.9. The van der Waals surface area contributed by atoms with Crippen LogP contribution in [-0.4, -0.2) is 53.2 Å². The molecule has 20 heavy (non-hydrogen) atoms. The molecule has 2 amide bonds. The van der Waals surface area contributed by atoms with E-state index in [2.05, 4.69) is 30.9 Å². The van der Waals surface area contributed by atoms with Crippen LogP contribution < -0.4 is 0 Å². The highest BCUT2D eigenvalue weighted by Gasteiger charge is 2.29. The average Bonchev–Trinajstić information content (AvgIpc) is 2.87. The van der Waals surface area contributed by atoms with Gasteiger partial charge in [0.1, 0.15) is 0 Å². The summed E-state index contributed by atoms with van der Waals surface area (Å²) in [6, 6.07) is 0.0735. The molecule has 1 aliphatic heterocycles. The first kappa shape index (κ1) is 14.8. The lowest BCUT2D eigenvalue weighted by molar-refractivity contribution is 0.152. The van der Waals surface area contributed by atoms with E-state index >= 15 is 0 Å². The molecule has 0 unspecified atom stereocenters. The van der Waals surface area contributed by atoms with Crippen molar-refractivity contribution in [2.45, 2.75) is 44.9 Å². The molecule has 0 saturated carbocycles. The first-order chi connectivity index (χ1) is 9.29. The van der Waals surface area contributed by atoms with Crippen LogP contribution in [0, 0.1) is 0 Å². The van der Waals surface area contributed by atoms with Gasteiger partial charge in [-0.3, -0.25) is 0 Å². The van der Waals surface area contributed by atoms with Gasteiger partial charge < -0.3 is 14.3 Å². The number of urea groups is 1. The number of aromatic nitrogens is 2. The van der Waals surface area contributed by atoms with Crippen molar-refractivity contribution in [2.75, 3.05) is 27.2 Å². The van der Waals surface area contributed by atoms with E-state index in [9.17, 15) is 4.79 Å². The summed E-state index contributed by atoms with van der Waals surface area (Å²) in [4.78, 5) is 19.9. The average molecular weight is 280 g/mol. The van der Waals surface area contributed by atoms with Gasteiger partial charge in [-0.05, 0) is 12.8 Å². The third kappa shape index (κ3) is 3.11. The van der Waals surface area contributed by atoms with Gasteiger partial charge in [-0.25, -0.2) is 4.79 Å². The van der Waals surface area contributed by atoms with Crippen molar-refractivity contribution < 1.29 is 9.32 Å².